The van der Waals surface area contributed by atoms with Crippen LogP contribution < -0.4 is 10.2 Å². The molecule has 2 aromatic rings. The molecule has 0 saturated heterocycles. The summed E-state index contributed by atoms with van der Waals surface area (Å²) < 4.78 is 13.7. The number of benzene rings is 2. The van der Waals surface area contributed by atoms with Crippen molar-refractivity contribution in [3.8, 4) is 0 Å². The summed E-state index contributed by atoms with van der Waals surface area (Å²) in [7, 11) is 3.90. The molecule has 1 N–H and O–H groups in total. The minimum atomic E-state index is -0.427. The fourth-order valence-corrected chi connectivity index (χ4v) is 3.44. The molecule has 1 atom stereocenters. The summed E-state index contributed by atoms with van der Waals surface area (Å²) in [5.74, 6) is -0.467. The number of nitrogens with one attached hydrogen (secondary N) is 1. The van der Waals surface area contributed by atoms with Crippen LogP contribution in [0.25, 0.3) is 0 Å². The fraction of sp³-hybridized carbons (Fsp3) is 0.417. The Balaban J connectivity index is 1.91. The summed E-state index contributed by atoms with van der Waals surface area (Å²) in [5, 5.41) is 2.98. The van der Waals surface area contributed by atoms with Crippen LogP contribution in [-0.4, -0.2) is 36.9 Å². The van der Waals surface area contributed by atoms with Gasteiger partial charge in [0.15, 0.2) is 0 Å². The molecular weight excluding hydrogens is 381 g/mol. The first-order valence-electron chi connectivity index (χ1n) is 10.5. The van der Waals surface area contributed by atoms with Gasteiger partial charge in [-0.2, -0.15) is 0 Å². The lowest BCUT2D eigenvalue weighted by atomic mass is 10.1. The van der Waals surface area contributed by atoms with E-state index in [9.17, 15) is 14.0 Å². The Labute approximate surface area is 177 Å². The van der Waals surface area contributed by atoms with Crippen LogP contribution in [0, 0.1) is 11.7 Å². The molecule has 5 nitrogen and oxygen atoms in total. The number of hydrogen-bond acceptors (Lipinski definition) is 3. The molecule has 0 radical (unpaired) electrons. The number of carbonyl (C=O) groups is 2. The average molecular weight is 412 g/mol. The molecule has 1 aliphatic rings. The molecule has 0 aliphatic heterocycles. The van der Waals surface area contributed by atoms with E-state index < -0.39 is 5.82 Å². The van der Waals surface area contributed by atoms with Gasteiger partial charge in [0.2, 0.25) is 5.91 Å². The monoisotopic (exact) mass is 411 g/mol. The summed E-state index contributed by atoms with van der Waals surface area (Å²) in [6.45, 7) is 4.38. The van der Waals surface area contributed by atoms with E-state index in [2.05, 4.69) is 5.32 Å². The van der Waals surface area contributed by atoms with E-state index in [1.807, 2.05) is 51.0 Å². The summed E-state index contributed by atoms with van der Waals surface area (Å²) in [5.41, 5.74) is 2.97. The van der Waals surface area contributed by atoms with Crippen molar-refractivity contribution in [1.29, 1.82) is 0 Å². The van der Waals surface area contributed by atoms with Gasteiger partial charge in [-0.1, -0.05) is 13.0 Å². The smallest absolute Gasteiger partial charge is 0.254 e. The van der Waals surface area contributed by atoms with Crippen molar-refractivity contribution < 1.29 is 14.0 Å². The Morgan fingerprint density at radius 1 is 1.17 bits per heavy atom. The van der Waals surface area contributed by atoms with Crippen molar-refractivity contribution in [2.45, 2.75) is 45.7 Å². The second kappa shape index (κ2) is 9.28. The maximum atomic E-state index is 13.7. The Morgan fingerprint density at radius 2 is 1.90 bits per heavy atom. The maximum Gasteiger partial charge on any atom is 0.254 e. The predicted molar refractivity (Wildman–Crippen MR) is 118 cm³/mol. The molecule has 1 fully saturated rings. The van der Waals surface area contributed by atoms with Crippen LogP contribution in [0.1, 0.15) is 49.0 Å². The van der Waals surface area contributed by atoms with Gasteiger partial charge in [-0.3, -0.25) is 9.59 Å². The van der Waals surface area contributed by atoms with Gasteiger partial charge in [-0.05, 0) is 68.1 Å². The SMILES string of the molecule is CCC(C)N(Cc1cc(NC(=O)C2CC2)ccc1N(C)C)C(=O)c1cccc(F)c1. The highest BCUT2D eigenvalue weighted by Gasteiger charge is 2.30. The molecule has 2 amide bonds. The van der Waals surface area contributed by atoms with Gasteiger partial charge >= 0.3 is 0 Å². The molecule has 3 rings (SSSR count). The normalized spacial score (nSPS) is 14.2. The van der Waals surface area contributed by atoms with Crippen molar-refractivity contribution >= 4 is 23.2 Å². The third-order valence-electron chi connectivity index (χ3n) is 5.57. The zero-order chi connectivity index (χ0) is 21.8. The third-order valence-corrected chi connectivity index (χ3v) is 5.57. The number of rotatable bonds is 8. The second-order valence-corrected chi connectivity index (χ2v) is 8.20. The summed E-state index contributed by atoms with van der Waals surface area (Å²) in [6, 6.07) is 11.6. The van der Waals surface area contributed by atoms with Gasteiger partial charge in [-0.25, -0.2) is 4.39 Å². The molecule has 1 aliphatic carbocycles. The number of anilines is 2. The number of amides is 2. The molecule has 30 heavy (non-hydrogen) atoms. The topological polar surface area (TPSA) is 52.7 Å². The molecule has 160 valence electrons. The van der Waals surface area contributed by atoms with E-state index in [-0.39, 0.29) is 23.8 Å². The third kappa shape index (κ3) is 5.17. The lowest BCUT2D eigenvalue weighted by Gasteiger charge is -2.31. The van der Waals surface area contributed by atoms with Crippen molar-refractivity contribution in [1.82, 2.24) is 4.90 Å². The van der Waals surface area contributed by atoms with E-state index in [1.165, 1.54) is 12.1 Å². The van der Waals surface area contributed by atoms with Crippen molar-refractivity contribution in [2.24, 2.45) is 5.92 Å². The van der Waals surface area contributed by atoms with Crippen LogP contribution in [0.5, 0.6) is 0 Å². The lowest BCUT2D eigenvalue weighted by molar-refractivity contribution is -0.117. The highest BCUT2D eigenvalue weighted by atomic mass is 19.1. The maximum absolute atomic E-state index is 13.7. The van der Waals surface area contributed by atoms with E-state index in [4.69, 9.17) is 0 Å². The lowest BCUT2D eigenvalue weighted by Crippen LogP contribution is -2.38. The van der Waals surface area contributed by atoms with Gasteiger partial charge in [0.25, 0.3) is 5.91 Å². The van der Waals surface area contributed by atoms with E-state index in [1.54, 1.807) is 17.0 Å². The number of halogens is 1. The van der Waals surface area contributed by atoms with E-state index in [0.29, 0.717) is 12.1 Å². The highest BCUT2D eigenvalue weighted by molar-refractivity contribution is 5.95. The molecule has 1 unspecified atom stereocenters. The molecule has 1 saturated carbocycles. The number of nitrogens with zero attached hydrogens (tertiary/aromatic N) is 2. The average Bonchev–Trinajstić information content (AvgIpc) is 3.56. The van der Waals surface area contributed by atoms with Crippen LogP contribution >= 0.6 is 0 Å². The predicted octanol–water partition coefficient (Wildman–Crippen LogP) is 4.68. The Hall–Kier alpha value is -2.89. The van der Waals surface area contributed by atoms with E-state index in [0.717, 1.165) is 36.2 Å². The van der Waals surface area contributed by atoms with Gasteiger partial charge < -0.3 is 15.1 Å². The Kier molecular flexibility index (Phi) is 6.75. The van der Waals surface area contributed by atoms with Gasteiger partial charge in [0, 0.05) is 49.5 Å². The molecule has 0 aromatic heterocycles. The largest absolute Gasteiger partial charge is 0.377 e. The number of carbonyl (C=O) groups excluding carboxylic acids is 2. The zero-order valence-corrected chi connectivity index (χ0v) is 18.1. The van der Waals surface area contributed by atoms with Gasteiger partial charge in [0.1, 0.15) is 5.82 Å². The molecule has 0 spiro atoms. The highest BCUT2D eigenvalue weighted by Crippen LogP contribution is 2.31. The summed E-state index contributed by atoms with van der Waals surface area (Å²) in [6.07, 6.45) is 2.66. The minimum absolute atomic E-state index is 0.0273. The van der Waals surface area contributed by atoms with Gasteiger partial charge in [-0.15, -0.1) is 0 Å². The fourth-order valence-electron chi connectivity index (χ4n) is 3.44. The number of hydrogen-bond donors (Lipinski definition) is 1. The van der Waals surface area contributed by atoms with Crippen LogP contribution in [0.3, 0.4) is 0 Å². The first-order valence-corrected chi connectivity index (χ1v) is 10.5. The van der Waals surface area contributed by atoms with Crippen molar-refractivity contribution in [2.75, 3.05) is 24.3 Å². The Bertz CT molecular complexity index is 924. The summed E-state index contributed by atoms with van der Waals surface area (Å²) in [4.78, 5) is 29.2. The van der Waals surface area contributed by atoms with Crippen LogP contribution in [0.2, 0.25) is 0 Å². The second-order valence-electron chi connectivity index (χ2n) is 8.20. The van der Waals surface area contributed by atoms with Gasteiger partial charge in [0.05, 0.1) is 0 Å². The molecule has 2 aromatic carbocycles. The standard InChI is InChI=1S/C24H30FN3O2/c1-5-16(2)28(24(30)18-7-6-8-20(25)13-18)15-19-14-21(11-12-22(19)27(3)4)26-23(29)17-9-10-17/h6-8,11-14,16-17H,5,9-10,15H2,1-4H3,(H,26,29). The molecule has 0 heterocycles. The van der Waals surface area contributed by atoms with Crippen molar-refractivity contribution in [3.05, 3.63) is 59.4 Å². The molecule has 0 bridgehead atoms. The van der Waals surface area contributed by atoms with Crippen LogP contribution in [0.4, 0.5) is 15.8 Å². The minimum Gasteiger partial charge on any atom is -0.377 e. The van der Waals surface area contributed by atoms with Crippen molar-refractivity contribution in [3.63, 3.8) is 0 Å². The first kappa shape index (κ1) is 21.8. The Morgan fingerprint density at radius 3 is 2.50 bits per heavy atom. The zero-order valence-electron chi connectivity index (χ0n) is 18.1. The van der Waals surface area contributed by atoms with Crippen LogP contribution in [0.15, 0.2) is 42.5 Å². The molecular formula is C24H30FN3O2. The quantitative estimate of drug-likeness (QED) is 0.686. The van der Waals surface area contributed by atoms with Crippen LogP contribution in [-0.2, 0) is 11.3 Å². The summed E-state index contributed by atoms with van der Waals surface area (Å²) >= 11 is 0. The molecule has 6 heteroatoms. The first-order chi connectivity index (χ1) is 14.3. The van der Waals surface area contributed by atoms with E-state index >= 15 is 0 Å².